The number of hydrogen-bond acceptors (Lipinski definition) is 6. The standard InChI is InChI=1S/C20H19ClFN3O4/c1-4-28-20(27)29-16-11-25(13-7-5-12(6-8-13)10-24(2)3)19-14(17(16)26)9-15(22)18(21)23-19/h5-9,11H,4,10H2,1-3H3. The van der Waals surface area contributed by atoms with Gasteiger partial charge in [0.25, 0.3) is 0 Å². The van der Waals surface area contributed by atoms with Crippen LogP contribution in [0.4, 0.5) is 9.18 Å². The minimum Gasteiger partial charge on any atom is -0.434 e. The lowest BCUT2D eigenvalue weighted by Gasteiger charge is -2.14. The zero-order valence-electron chi connectivity index (χ0n) is 16.1. The van der Waals surface area contributed by atoms with Crippen molar-refractivity contribution in [1.29, 1.82) is 0 Å². The SMILES string of the molecule is CCOC(=O)Oc1cn(-c2ccc(CN(C)C)cc2)c2nc(Cl)c(F)cc2c1=O. The molecule has 2 aromatic heterocycles. The smallest absolute Gasteiger partial charge is 0.434 e. The maximum atomic E-state index is 14.0. The minimum atomic E-state index is -1.03. The predicted molar refractivity (Wildman–Crippen MR) is 107 cm³/mol. The molecule has 0 aliphatic rings. The largest absolute Gasteiger partial charge is 0.514 e. The van der Waals surface area contributed by atoms with Gasteiger partial charge in [-0.2, -0.15) is 0 Å². The topological polar surface area (TPSA) is 73.7 Å². The molecule has 0 aliphatic carbocycles. The molecule has 29 heavy (non-hydrogen) atoms. The van der Waals surface area contributed by atoms with E-state index in [9.17, 15) is 14.0 Å². The third kappa shape index (κ3) is 4.55. The van der Waals surface area contributed by atoms with Gasteiger partial charge < -0.3 is 14.4 Å². The fourth-order valence-electron chi connectivity index (χ4n) is 2.81. The molecule has 0 amide bonds. The molecule has 1 aromatic carbocycles. The van der Waals surface area contributed by atoms with E-state index in [1.165, 1.54) is 10.8 Å². The van der Waals surface area contributed by atoms with Gasteiger partial charge in [0.15, 0.2) is 22.4 Å². The molecule has 0 saturated heterocycles. The van der Waals surface area contributed by atoms with Gasteiger partial charge in [0.1, 0.15) is 0 Å². The van der Waals surface area contributed by atoms with Crippen LogP contribution >= 0.6 is 11.6 Å². The van der Waals surface area contributed by atoms with E-state index >= 15 is 0 Å². The second kappa shape index (κ2) is 8.59. The highest BCUT2D eigenvalue weighted by molar-refractivity contribution is 6.29. The highest BCUT2D eigenvalue weighted by Crippen LogP contribution is 2.23. The number of aromatic nitrogens is 2. The summed E-state index contributed by atoms with van der Waals surface area (Å²) in [4.78, 5) is 30.4. The number of carbonyl (C=O) groups excluding carboxylic acids is 1. The van der Waals surface area contributed by atoms with E-state index in [0.29, 0.717) is 5.69 Å². The van der Waals surface area contributed by atoms with E-state index in [0.717, 1.165) is 18.2 Å². The van der Waals surface area contributed by atoms with Gasteiger partial charge in [-0.25, -0.2) is 14.2 Å². The third-order valence-corrected chi connectivity index (χ3v) is 4.29. The molecule has 2 heterocycles. The van der Waals surface area contributed by atoms with Gasteiger partial charge in [-0.05, 0) is 44.8 Å². The van der Waals surface area contributed by atoms with Crippen LogP contribution in [0.1, 0.15) is 12.5 Å². The van der Waals surface area contributed by atoms with Crippen LogP contribution in [0.25, 0.3) is 16.7 Å². The second-order valence-electron chi connectivity index (χ2n) is 6.51. The summed E-state index contributed by atoms with van der Waals surface area (Å²) in [6.45, 7) is 2.44. The Morgan fingerprint density at radius 3 is 2.59 bits per heavy atom. The number of hydrogen-bond donors (Lipinski definition) is 0. The van der Waals surface area contributed by atoms with E-state index in [1.54, 1.807) is 6.92 Å². The Bertz CT molecular complexity index is 1110. The highest BCUT2D eigenvalue weighted by atomic mass is 35.5. The quantitative estimate of drug-likeness (QED) is 0.463. The van der Waals surface area contributed by atoms with Crippen molar-refractivity contribution < 1.29 is 18.7 Å². The Kier molecular flexibility index (Phi) is 6.14. The summed E-state index contributed by atoms with van der Waals surface area (Å²) < 4.78 is 25.2. The van der Waals surface area contributed by atoms with Crippen LogP contribution in [0.15, 0.2) is 41.3 Å². The molecule has 0 aliphatic heterocycles. The van der Waals surface area contributed by atoms with Gasteiger partial charge in [-0.3, -0.25) is 9.36 Å². The predicted octanol–water partition coefficient (Wildman–Crippen LogP) is 3.78. The molecule has 3 rings (SSSR count). The number of ether oxygens (including phenoxy) is 2. The first-order valence-electron chi connectivity index (χ1n) is 8.80. The number of halogens is 2. The molecule has 0 radical (unpaired) electrons. The zero-order valence-corrected chi connectivity index (χ0v) is 16.9. The Balaban J connectivity index is 2.18. The number of rotatable bonds is 5. The average Bonchev–Trinajstić information content (AvgIpc) is 2.66. The van der Waals surface area contributed by atoms with Crippen molar-refractivity contribution in [1.82, 2.24) is 14.5 Å². The van der Waals surface area contributed by atoms with E-state index in [1.807, 2.05) is 43.3 Å². The molecule has 152 valence electrons. The second-order valence-corrected chi connectivity index (χ2v) is 6.87. The van der Waals surface area contributed by atoms with Gasteiger partial charge in [0, 0.05) is 12.2 Å². The van der Waals surface area contributed by atoms with Gasteiger partial charge >= 0.3 is 6.16 Å². The molecule has 7 nitrogen and oxygen atoms in total. The van der Waals surface area contributed by atoms with Gasteiger partial charge in [0.05, 0.1) is 18.2 Å². The maximum absolute atomic E-state index is 14.0. The third-order valence-electron chi connectivity index (χ3n) is 4.02. The summed E-state index contributed by atoms with van der Waals surface area (Å²) in [6.07, 6.45) is 0.281. The van der Waals surface area contributed by atoms with Crippen molar-refractivity contribution in [2.24, 2.45) is 0 Å². The van der Waals surface area contributed by atoms with Gasteiger partial charge in [-0.15, -0.1) is 0 Å². The van der Waals surface area contributed by atoms with Crippen molar-refractivity contribution in [3.8, 4) is 11.4 Å². The van der Waals surface area contributed by atoms with Crippen LogP contribution in [0.2, 0.25) is 5.15 Å². The zero-order chi connectivity index (χ0) is 21.1. The highest BCUT2D eigenvalue weighted by Gasteiger charge is 2.18. The summed E-state index contributed by atoms with van der Waals surface area (Å²) in [5.74, 6) is -1.16. The summed E-state index contributed by atoms with van der Waals surface area (Å²) in [5, 5.41) is -0.444. The number of pyridine rings is 2. The molecule has 0 spiro atoms. The maximum Gasteiger partial charge on any atom is 0.514 e. The monoisotopic (exact) mass is 419 g/mol. The Labute approximate surface area is 171 Å². The van der Waals surface area contributed by atoms with Crippen molar-refractivity contribution in [2.75, 3.05) is 20.7 Å². The van der Waals surface area contributed by atoms with E-state index in [-0.39, 0.29) is 28.5 Å². The van der Waals surface area contributed by atoms with Crippen molar-refractivity contribution >= 4 is 28.8 Å². The summed E-state index contributed by atoms with van der Waals surface area (Å²) in [5.41, 5.74) is 1.14. The Morgan fingerprint density at radius 1 is 1.28 bits per heavy atom. The van der Waals surface area contributed by atoms with Gasteiger partial charge in [-0.1, -0.05) is 23.7 Å². The number of nitrogens with zero attached hydrogens (tertiary/aromatic N) is 3. The van der Waals surface area contributed by atoms with E-state index in [2.05, 4.69) is 4.98 Å². The van der Waals surface area contributed by atoms with Crippen LogP contribution < -0.4 is 10.2 Å². The Hall–Kier alpha value is -2.97. The molecule has 0 atom stereocenters. The summed E-state index contributed by atoms with van der Waals surface area (Å²) in [7, 11) is 3.92. The van der Waals surface area contributed by atoms with Crippen LogP contribution in [0.5, 0.6) is 5.75 Å². The summed E-state index contributed by atoms with van der Waals surface area (Å²) >= 11 is 5.83. The molecular weight excluding hydrogens is 401 g/mol. The molecular formula is C20H19ClFN3O4. The van der Waals surface area contributed by atoms with Crippen molar-refractivity contribution in [3.63, 3.8) is 0 Å². The lowest BCUT2D eigenvalue weighted by Crippen LogP contribution is -2.19. The molecule has 0 unspecified atom stereocenters. The number of benzene rings is 1. The minimum absolute atomic E-state index is 0.0777. The number of fused-ring (bicyclic) bond motifs is 1. The fourth-order valence-corrected chi connectivity index (χ4v) is 2.95. The fraction of sp³-hybridized carbons (Fsp3) is 0.250. The normalized spacial score (nSPS) is 11.1. The van der Waals surface area contributed by atoms with Crippen LogP contribution in [0.3, 0.4) is 0 Å². The van der Waals surface area contributed by atoms with Crippen LogP contribution in [0, 0.1) is 5.82 Å². The lowest BCUT2D eigenvalue weighted by molar-refractivity contribution is 0.104. The molecule has 0 N–H and O–H groups in total. The lowest BCUT2D eigenvalue weighted by atomic mass is 10.2. The summed E-state index contributed by atoms with van der Waals surface area (Å²) in [6, 6.07) is 8.43. The van der Waals surface area contributed by atoms with E-state index in [4.69, 9.17) is 21.1 Å². The van der Waals surface area contributed by atoms with E-state index < -0.39 is 17.4 Å². The van der Waals surface area contributed by atoms with Crippen molar-refractivity contribution in [2.45, 2.75) is 13.5 Å². The molecule has 0 bridgehead atoms. The first-order chi connectivity index (χ1) is 13.8. The Morgan fingerprint density at radius 2 is 1.97 bits per heavy atom. The molecule has 9 heteroatoms. The van der Waals surface area contributed by atoms with Crippen LogP contribution in [-0.4, -0.2) is 41.3 Å². The van der Waals surface area contributed by atoms with Crippen LogP contribution in [-0.2, 0) is 11.3 Å². The number of carbonyl (C=O) groups is 1. The first-order valence-corrected chi connectivity index (χ1v) is 9.18. The molecule has 0 fully saturated rings. The van der Waals surface area contributed by atoms with Gasteiger partial charge in [0.2, 0.25) is 5.43 Å². The molecule has 3 aromatic rings. The average molecular weight is 420 g/mol. The molecule has 0 saturated carbocycles. The van der Waals surface area contributed by atoms with Crippen molar-refractivity contribution in [3.05, 3.63) is 63.3 Å². The first kappa shape index (κ1) is 20.8.